The summed E-state index contributed by atoms with van der Waals surface area (Å²) in [5, 5.41) is 7.39. The SMILES string of the molecule is CCc1sc(C(=O)NC(CN)Cc2ccccc2C(F)(F)F)cc1-c1c(Cl)cnn1C. The molecule has 1 amide bonds. The predicted octanol–water partition coefficient (Wildman–Crippen LogP) is 4.68. The van der Waals surface area contributed by atoms with Crippen LogP contribution >= 0.6 is 22.9 Å². The van der Waals surface area contributed by atoms with Crippen LogP contribution in [0.5, 0.6) is 0 Å². The number of halogens is 4. The Balaban J connectivity index is 1.83. The molecule has 0 spiro atoms. The van der Waals surface area contributed by atoms with Gasteiger partial charge in [0.1, 0.15) is 0 Å². The third-order valence-electron chi connectivity index (χ3n) is 4.91. The molecule has 3 aromatic rings. The second-order valence-electron chi connectivity index (χ2n) is 7.03. The summed E-state index contributed by atoms with van der Waals surface area (Å²) >= 11 is 7.58. The van der Waals surface area contributed by atoms with Crippen molar-refractivity contribution in [1.82, 2.24) is 15.1 Å². The molecule has 0 aliphatic carbocycles. The Morgan fingerprint density at radius 3 is 2.65 bits per heavy atom. The van der Waals surface area contributed by atoms with Crippen LogP contribution < -0.4 is 11.1 Å². The lowest BCUT2D eigenvalue weighted by molar-refractivity contribution is -0.138. The summed E-state index contributed by atoms with van der Waals surface area (Å²) in [6.45, 7) is 1.97. The highest BCUT2D eigenvalue weighted by Crippen LogP contribution is 2.36. The molecule has 10 heteroatoms. The van der Waals surface area contributed by atoms with E-state index in [0.717, 1.165) is 16.5 Å². The molecule has 0 saturated heterocycles. The fraction of sp³-hybridized carbons (Fsp3) is 0.333. The number of alkyl halides is 3. The van der Waals surface area contributed by atoms with Crippen molar-refractivity contribution in [3.63, 3.8) is 0 Å². The van der Waals surface area contributed by atoms with E-state index in [2.05, 4.69) is 10.4 Å². The first kappa shape index (κ1) is 23.3. The maximum absolute atomic E-state index is 13.3. The van der Waals surface area contributed by atoms with Crippen molar-refractivity contribution in [3.05, 3.63) is 62.4 Å². The number of aryl methyl sites for hydroxylation is 2. The van der Waals surface area contributed by atoms with Gasteiger partial charge in [-0.1, -0.05) is 36.7 Å². The van der Waals surface area contributed by atoms with E-state index in [4.69, 9.17) is 17.3 Å². The number of carbonyl (C=O) groups excluding carboxylic acids is 1. The van der Waals surface area contributed by atoms with Crippen LogP contribution in [-0.4, -0.2) is 28.3 Å². The normalized spacial score (nSPS) is 12.7. The number of benzene rings is 1. The molecule has 0 bridgehead atoms. The van der Waals surface area contributed by atoms with Gasteiger partial charge >= 0.3 is 6.18 Å². The largest absolute Gasteiger partial charge is 0.416 e. The Labute approximate surface area is 187 Å². The van der Waals surface area contributed by atoms with Gasteiger partial charge in [0.05, 0.1) is 27.4 Å². The number of rotatable bonds is 7. The number of hydrogen-bond donors (Lipinski definition) is 2. The summed E-state index contributed by atoms with van der Waals surface area (Å²) in [5.74, 6) is -0.385. The van der Waals surface area contributed by atoms with Crippen LogP contribution in [-0.2, 0) is 26.1 Å². The summed E-state index contributed by atoms with van der Waals surface area (Å²) in [5.41, 5.74) is 6.66. The first-order chi connectivity index (χ1) is 14.7. The average Bonchev–Trinajstić information content (AvgIpc) is 3.29. The molecule has 0 radical (unpaired) electrons. The molecule has 166 valence electrons. The zero-order chi connectivity index (χ0) is 22.8. The lowest BCUT2D eigenvalue weighted by atomic mass is 9.99. The van der Waals surface area contributed by atoms with Crippen molar-refractivity contribution in [1.29, 1.82) is 0 Å². The van der Waals surface area contributed by atoms with Gasteiger partial charge in [-0.15, -0.1) is 11.3 Å². The van der Waals surface area contributed by atoms with Crippen molar-refractivity contribution >= 4 is 28.8 Å². The second kappa shape index (κ2) is 9.42. The van der Waals surface area contributed by atoms with Gasteiger partial charge in [0.15, 0.2) is 0 Å². The van der Waals surface area contributed by atoms with Crippen LogP contribution in [0.4, 0.5) is 13.2 Å². The van der Waals surface area contributed by atoms with Crippen molar-refractivity contribution in [2.45, 2.75) is 32.0 Å². The highest BCUT2D eigenvalue weighted by atomic mass is 35.5. The third kappa shape index (κ3) is 5.11. The van der Waals surface area contributed by atoms with Crippen LogP contribution in [0.2, 0.25) is 5.02 Å². The molecule has 2 heterocycles. The van der Waals surface area contributed by atoms with Gasteiger partial charge in [-0.25, -0.2) is 0 Å². The topological polar surface area (TPSA) is 72.9 Å². The minimum Gasteiger partial charge on any atom is -0.347 e. The third-order valence-corrected chi connectivity index (χ3v) is 6.47. The number of amides is 1. The first-order valence-electron chi connectivity index (χ1n) is 9.62. The molecule has 1 aromatic carbocycles. The lowest BCUT2D eigenvalue weighted by Gasteiger charge is -2.19. The lowest BCUT2D eigenvalue weighted by Crippen LogP contribution is -2.41. The minimum absolute atomic E-state index is 0.00432. The molecule has 3 N–H and O–H groups in total. The van der Waals surface area contributed by atoms with E-state index in [9.17, 15) is 18.0 Å². The molecule has 0 aliphatic heterocycles. The number of nitrogens with two attached hydrogens (primary N) is 1. The average molecular weight is 471 g/mol. The van der Waals surface area contributed by atoms with Crippen molar-refractivity contribution in [2.75, 3.05) is 6.54 Å². The quantitative estimate of drug-likeness (QED) is 0.526. The monoisotopic (exact) mass is 470 g/mol. The fourth-order valence-electron chi connectivity index (χ4n) is 3.41. The fourth-order valence-corrected chi connectivity index (χ4v) is 4.68. The van der Waals surface area contributed by atoms with E-state index in [-0.39, 0.29) is 24.4 Å². The van der Waals surface area contributed by atoms with Gasteiger partial charge < -0.3 is 11.1 Å². The minimum atomic E-state index is -4.47. The Morgan fingerprint density at radius 1 is 1.35 bits per heavy atom. The Morgan fingerprint density at radius 2 is 2.06 bits per heavy atom. The van der Waals surface area contributed by atoms with Crippen LogP contribution in [0.15, 0.2) is 36.5 Å². The summed E-state index contributed by atoms with van der Waals surface area (Å²) in [7, 11) is 1.76. The molecule has 0 fully saturated rings. The van der Waals surface area contributed by atoms with Gasteiger partial charge in [-0.3, -0.25) is 9.48 Å². The van der Waals surface area contributed by atoms with Gasteiger partial charge in [-0.2, -0.15) is 18.3 Å². The van der Waals surface area contributed by atoms with Gasteiger partial charge in [0.25, 0.3) is 5.91 Å². The highest BCUT2D eigenvalue weighted by Gasteiger charge is 2.33. The standard InChI is InChI=1S/C21H22ClF3N4OS/c1-3-17-14(19-16(22)11-27-29(19)2)9-18(31-17)20(30)28-13(10-26)8-12-6-4-5-7-15(12)21(23,24)25/h4-7,9,11,13H,3,8,10,26H2,1-2H3,(H,28,30). The Hall–Kier alpha value is -2.36. The molecule has 3 rings (SSSR count). The number of aromatic nitrogens is 2. The summed E-state index contributed by atoms with van der Waals surface area (Å²) < 4.78 is 41.5. The molecule has 2 aromatic heterocycles. The van der Waals surface area contributed by atoms with Gasteiger partial charge in [0, 0.05) is 30.1 Å². The van der Waals surface area contributed by atoms with E-state index >= 15 is 0 Å². The van der Waals surface area contributed by atoms with Gasteiger partial charge in [-0.05, 0) is 30.5 Å². The summed E-state index contributed by atoms with van der Waals surface area (Å²) in [6, 6.07) is 6.40. The van der Waals surface area contributed by atoms with E-state index in [1.165, 1.54) is 35.7 Å². The van der Waals surface area contributed by atoms with Crippen molar-refractivity contribution in [3.8, 4) is 11.3 Å². The highest BCUT2D eigenvalue weighted by molar-refractivity contribution is 7.14. The first-order valence-corrected chi connectivity index (χ1v) is 10.8. The van der Waals surface area contributed by atoms with Crippen LogP contribution in [0.25, 0.3) is 11.3 Å². The van der Waals surface area contributed by atoms with Crippen molar-refractivity contribution < 1.29 is 18.0 Å². The molecule has 5 nitrogen and oxygen atoms in total. The molecule has 1 unspecified atom stereocenters. The van der Waals surface area contributed by atoms with Crippen LogP contribution in [0.1, 0.15) is 32.6 Å². The molecular formula is C21H22ClF3N4OS. The predicted molar refractivity (Wildman–Crippen MR) is 116 cm³/mol. The van der Waals surface area contributed by atoms with E-state index in [1.54, 1.807) is 17.8 Å². The van der Waals surface area contributed by atoms with Crippen LogP contribution in [0.3, 0.4) is 0 Å². The maximum atomic E-state index is 13.3. The maximum Gasteiger partial charge on any atom is 0.416 e. The zero-order valence-corrected chi connectivity index (χ0v) is 18.5. The van der Waals surface area contributed by atoms with E-state index < -0.39 is 17.8 Å². The molecule has 31 heavy (non-hydrogen) atoms. The summed E-state index contributed by atoms with van der Waals surface area (Å²) in [4.78, 5) is 14.3. The smallest absolute Gasteiger partial charge is 0.347 e. The van der Waals surface area contributed by atoms with Crippen LogP contribution in [0, 0.1) is 0 Å². The Kier molecular flexibility index (Phi) is 7.08. The Bertz CT molecular complexity index is 1060. The number of carbonyl (C=O) groups is 1. The number of nitrogens with one attached hydrogen (secondary N) is 1. The molecular weight excluding hydrogens is 449 g/mol. The molecule has 1 atom stereocenters. The van der Waals surface area contributed by atoms with Gasteiger partial charge in [0.2, 0.25) is 0 Å². The number of thiophene rings is 1. The van der Waals surface area contributed by atoms with Crippen molar-refractivity contribution in [2.24, 2.45) is 12.8 Å². The molecule has 0 saturated carbocycles. The number of hydrogen-bond acceptors (Lipinski definition) is 4. The summed E-state index contributed by atoms with van der Waals surface area (Å²) in [6.07, 6.45) is -2.27. The van der Waals surface area contributed by atoms with E-state index in [0.29, 0.717) is 22.0 Å². The zero-order valence-electron chi connectivity index (χ0n) is 17.0. The number of nitrogens with zero attached hydrogens (tertiary/aromatic N) is 2. The van der Waals surface area contributed by atoms with E-state index in [1.807, 2.05) is 6.92 Å². The molecule has 0 aliphatic rings. The second-order valence-corrected chi connectivity index (χ2v) is 8.57.